The van der Waals surface area contributed by atoms with E-state index in [0.29, 0.717) is 22.5 Å². The molecule has 0 saturated heterocycles. The largest absolute Gasteiger partial charge is 0.272 e. The van der Waals surface area contributed by atoms with Crippen molar-refractivity contribution in [2.45, 2.75) is 47.1 Å². The van der Waals surface area contributed by atoms with E-state index in [1.807, 2.05) is 71.9 Å². The highest BCUT2D eigenvalue weighted by Crippen LogP contribution is 2.24. The van der Waals surface area contributed by atoms with Crippen LogP contribution in [0.25, 0.3) is 0 Å². The van der Waals surface area contributed by atoms with Crippen molar-refractivity contribution >= 4 is 29.4 Å². The first-order valence-corrected chi connectivity index (χ1v) is 12.0. The van der Waals surface area contributed by atoms with Crippen LogP contribution in [-0.4, -0.2) is 39.0 Å². The summed E-state index contributed by atoms with van der Waals surface area (Å²) < 4.78 is 0. The van der Waals surface area contributed by atoms with E-state index in [4.69, 9.17) is 0 Å². The summed E-state index contributed by atoms with van der Waals surface area (Å²) in [5.74, 6) is -0.734. The Kier molecular flexibility index (Phi) is 6.91. The lowest BCUT2D eigenvalue weighted by Crippen LogP contribution is -2.55. The Labute approximate surface area is 216 Å². The van der Waals surface area contributed by atoms with Gasteiger partial charge in [0, 0.05) is 16.7 Å². The van der Waals surface area contributed by atoms with Gasteiger partial charge < -0.3 is 0 Å². The molecule has 3 N–H and O–H groups in total. The number of benzene rings is 3. The monoisotopic (exact) mass is 500 g/mol. The van der Waals surface area contributed by atoms with Crippen molar-refractivity contribution < 1.29 is 14.8 Å². The summed E-state index contributed by atoms with van der Waals surface area (Å²) in [7, 11) is 0. The van der Waals surface area contributed by atoms with Crippen LogP contribution >= 0.6 is 0 Å². The molecule has 0 bridgehead atoms. The Morgan fingerprint density at radius 1 is 0.892 bits per heavy atom. The summed E-state index contributed by atoms with van der Waals surface area (Å²) in [6.45, 7) is 11.4. The highest BCUT2D eigenvalue weighted by atomic mass is 16.6. The quantitative estimate of drug-likeness (QED) is 0.437. The molecule has 0 atom stereocenters. The highest BCUT2D eigenvalue weighted by molar-refractivity contribution is 6.01. The Bertz CT molecular complexity index is 1340. The average molecular weight is 501 g/mol. The van der Waals surface area contributed by atoms with E-state index in [-0.39, 0.29) is 5.91 Å². The normalized spacial score (nSPS) is 12.5. The van der Waals surface area contributed by atoms with Crippen LogP contribution in [-0.2, 0) is 0 Å². The van der Waals surface area contributed by atoms with Gasteiger partial charge in [-0.15, -0.1) is 10.3 Å². The number of hydrazone groups is 1. The van der Waals surface area contributed by atoms with E-state index in [9.17, 15) is 14.8 Å². The van der Waals surface area contributed by atoms with Crippen molar-refractivity contribution in [2.75, 3.05) is 10.6 Å². The average Bonchev–Trinajstić information content (AvgIpc) is 2.84. The Balaban J connectivity index is 1.54. The number of hydrogen-bond acceptors (Lipinski definition) is 7. The zero-order valence-electron chi connectivity index (χ0n) is 21.9. The molecule has 0 aromatic heterocycles. The third-order valence-electron chi connectivity index (χ3n) is 5.84. The summed E-state index contributed by atoms with van der Waals surface area (Å²) in [5.41, 5.74) is 10.8. The minimum atomic E-state index is -0.675. The minimum Gasteiger partial charge on any atom is -0.267 e. The van der Waals surface area contributed by atoms with Crippen molar-refractivity contribution in [3.8, 4) is 0 Å². The molecule has 3 aromatic carbocycles. The van der Waals surface area contributed by atoms with Gasteiger partial charge in [-0.3, -0.25) is 25.6 Å². The van der Waals surface area contributed by atoms with Crippen molar-refractivity contribution in [3.05, 3.63) is 94.0 Å². The van der Waals surface area contributed by atoms with Crippen molar-refractivity contribution in [2.24, 2.45) is 5.10 Å². The van der Waals surface area contributed by atoms with Gasteiger partial charge in [0.25, 0.3) is 11.8 Å². The first-order valence-electron chi connectivity index (χ1n) is 12.0. The molecule has 1 aliphatic heterocycles. The maximum absolute atomic E-state index is 13.4. The number of hydrogen-bond donors (Lipinski definition) is 3. The summed E-state index contributed by atoms with van der Waals surface area (Å²) in [6, 6.07) is 18.0. The molecule has 192 valence electrons. The summed E-state index contributed by atoms with van der Waals surface area (Å²) in [6.07, 6.45) is 1.58. The van der Waals surface area contributed by atoms with Crippen molar-refractivity contribution in [1.82, 2.24) is 15.7 Å². The Morgan fingerprint density at radius 2 is 1.54 bits per heavy atom. The molecule has 9 heteroatoms. The lowest BCUT2D eigenvalue weighted by atomic mass is 10.0. The number of carbonyl (C=O) groups excluding carboxylic acids is 2. The number of amides is 2. The second-order valence-corrected chi connectivity index (χ2v) is 10.2. The van der Waals surface area contributed by atoms with Gasteiger partial charge in [0.05, 0.1) is 23.1 Å². The van der Waals surface area contributed by atoms with Crippen molar-refractivity contribution in [1.29, 1.82) is 0 Å². The van der Waals surface area contributed by atoms with Gasteiger partial charge in [-0.1, -0.05) is 46.2 Å². The molecule has 3 aromatic rings. The van der Waals surface area contributed by atoms with Gasteiger partial charge in [0.2, 0.25) is 0 Å². The van der Waals surface area contributed by atoms with Crippen LogP contribution in [0.5, 0.6) is 0 Å². The van der Waals surface area contributed by atoms with Gasteiger partial charge in [0.1, 0.15) is 0 Å². The molecular formula is C28H32N6O3. The van der Waals surface area contributed by atoms with E-state index >= 15 is 0 Å². The van der Waals surface area contributed by atoms with Crippen LogP contribution in [0.3, 0.4) is 0 Å². The number of hydrazine groups is 3. The number of fused-ring (bicyclic) bond motifs is 1. The molecule has 0 spiro atoms. The first-order chi connectivity index (χ1) is 17.4. The zero-order chi connectivity index (χ0) is 26.9. The summed E-state index contributed by atoms with van der Waals surface area (Å²) in [5, 5.41) is 18.2. The standard InChI is InChI=1S/C28H32N6O3/c1-18-7-11-24(12-8-18)33(37)34-29-17-22-10-9-21(16-25(22)30-34)26(35)31-32(28(4,5)6)27(36)23-14-19(2)13-20(3)15-23/h7-17,30,37H,1-6H3,(H,31,35). The van der Waals surface area contributed by atoms with E-state index in [0.717, 1.165) is 27.4 Å². The van der Waals surface area contributed by atoms with Gasteiger partial charge in [-0.25, -0.2) is 5.01 Å². The second-order valence-electron chi connectivity index (χ2n) is 10.2. The summed E-state index contributed by atoms with van der Waals surface area (Å²) >= 11 is 0. The van der Waals surface area contributed by atoms with E-state index in [2.05, 4.69) is 16.0 Å². The predicted molar refractivity (Wildman–Crippen MR) is 144 cm³/mol. The first kappa shape index (κ1) is 25.7. The molecule has 37 heavy (non-hydrogen) atoms. The van der Waals surface area contributed by atoms with Gasteiger partial charge in [-0.05, 0) is 77.9 Å². The number of rotatable bonds is 4. The molecule has 0 radical (unpaired) electrons. The van der Waals surface area contributed by atoms with Crippen LogP contribution in [0.4, 0.5) is 11.4 Å². The zero-order valence-corrected chi connectivity index (χ0v) is 21.9. The minimum absolute atomic E-state index is 0.295. The topological polar surface area (TPSA) is 101 Å². The fourth-order valence-corrected chi connectivity index (χ4v) is 3.96. The Hall–Kier alpha value is -4.37. The molecule has 1 aliphatic rings. The third kappa shape index (κ3) is 5.73. The van der Waals surface area contributed by atoms with Gasteiger partial charge in [-0.2, -0.15) is 0 Å². The third-order valence-corrected chi connectivity index (χ3v) is 5.84. The van der Waals surface area contributed by atoms with Crippen molar-refractivity contribution in [3.63, 3.8) is 0 Å². The van der Waals surface area contributed by atoms with Crippen LogP contribution in [0.15, 0.2) is 65.8 Å². The lowest BCUT2D eigenvalue weighted by Gasteiger charge is -2.36. The lowest BCUT2D eigenvalue weighted by molar-refractivity contribution is 0.0358. The molecule has 9 nitrogen and oxygen atoms in total. The predicted octanol–water partition coefficient (Wildman–Crippen LogP) is 4.98. The summed E-state index contributed by atoms with van der Waals surface area (Å²) in [4.78, 5) is 26.7. The number of carbonyl (C=O) groups is 2. The van der Waals surface area contributed by atoms with E-state index in [1.165, 1.54) is 10.2 Å². The maximum Gasteiger partial charge on any atom is 0.272 e. The fraction of sp³-hybridized carbons (Fsp3) is 0.250. The molecular weight excluding hydrogens is 468 g/mol. The fourth-order valence-electron chi connectivity index (χ4n) is 3.96. The molecule has 4 rings (SSSR count). The Morgan fingerprint density at radius 3 is 2.16 bits per heavy atom. The van der Waals surface area contributed by atoms with Gasteiger partial charge in [0.15, 0.2) is 0 Å². The SMILES string of the molecule is Cc1ccc(N(O)N2N=Cc3ccc(C(=O)NN(C(=O)c4cc(C)cc(C)c4)C(C)(C)C)cc3N2)cc1. The maximum atomic E-state index is 13.4. The molecule has 0 saturated carbocycles. The molecule has 0 aliphatic carbocycles. The molecule has 0 fully saturated rings. The second kappa shape index (κ2) is 9.94. The number of aryl methyl sites for hydroxylation is 3. The number of nitrogens with zero attached hydrogens (tertiary/aromatic N) is 4. The van der Waals surface area contributed by atoms with Crippen LogP contribution in [0.2, 0.25) is 0 Å². The van der Waals surface area contributed by atoms with E-state index in [1.54, 1.807) is 36.5 Å². The molecule has 0 unspecified atom stereocenters. The van der Waals surface area contributed by atoms with Crippen LogP contribution < -0.4 is 16.0 Å². The van der Waals surface area contributed by atoms with E-state index < -0.39 is 11.4 Å². The highest BCUT2D eigenvalue weighted by Gasteiger charge is 2.30. The van der Waals surface area contributed by atoms with Crippen LogP contribution in [0.1, 0.15) is 63.7 Å². The number of nitrogens with one attached hydrogen (secondary N) is 2. The van der Waals surface area contributed by atoms with Gasteiger partial charge >= 0.3 is 0 Å². The smallest absolute Gasteiger partial charge is 0.267 e. The number of anilines is 2. The molecule has 2 amide bonds. The van der Waals surface area contributed by atoms with Crippen LogP contribution in [0, 0.1) is 20.8 Å². The molecule has 1 heterocycles.